The van der Waals surface area contributed by atoms with Crippen molar-refractivity contribution in [2.45, 2.75) is 12.8 Å². The third-order valence-corrected chi connectivity index (χ3v) is 2.50. The molecule has 0 heterocycles. The molecule has 0 N–H and O–H groups in total. The zero-order chi connectivity index (χ0) is 14.4. The molecular weight excluding hydrogens is 267 g/mol. The molecule has 2 rings (SSSR count). The molecule has 0 amide bonds. The smallest absolute Gasteiger partial charge is 0.390 e. The molecule has 0 atom stereocenters. The molecule has 5 heteroatoms. The van der Waals surface area contributed by atoms with Gasteiger partial charge in [0.2, 0.25) is 0 Å². The van der Waals surface area contributed by atoms with Crippen LogP contribution in [0.25, 0.3) is 0 Å². The van der Waals surface area contributed by atoms with Gasteiger partial charge in [0.15, 0.2) is 0 Å². The van der Waals surface area contributed by atoms with Gasteiger partial charge in [-0.3, -0.25) is 0 Å². The van der Waals surface area contributed by atoms with Gasteiger partial charge in [-0.05, 0) is 17.7 Å². The first-order chi connectivity index (χ1) is 9.55. The Morgan fingerprint density at radius 3 is 2.45 bits per heavy atom. The van der Waals surface area contributed by atoms with Gasteiger partial charge < -0.3 is 4.84 Å². The van der Waals surface area contributed by atoms with Crippen LogP contribution < -0.4 is 0 Å². The number of halogens is 3. The number of alkyl halides is 3. The van der Waals surface area contributed by atoms with E-state index in [0.29, 0.717) is 0 Å². The Kier molecular flexibility index (Phi) is 4.40. The van der Waals surface area contributed by atoms with Crippen molar-refractivity contribution in [3.63, 3.8) is 0 Å². The highest BCUT2D eigenvalue weighted by molar-refractivity contribution is 5.79. The fourth-order valence-corrected chi connectivity index (χ4v) is 1.53. The Bertz CT molecular complexity index is 579. The summed E-state index contributed by atoms with van der Waals surface area (Å²) in [6.45, 7) is 0.243. The molecular formula is C15H11F3NO. The molecule has 0 aliphatic rings. The molecule has 0 saturated heterocycles. The van der Waals surface area contributed by atoms with Crippen molar-refractivity contribution >= 4 is 6.21 Å². The van der Waals surface area contributed by atoms with E-state index < -0.39 is 11.7 Å². The van der Waals surface area contributed by atoms with E-state index in [0.717, 1.165) is 17.7 Å². The largest absolute Gasteiger partial charge is 0.416 e. The van der Waals surface area contributed by atoms with Crippen LogP contribution in [0.5, 0.6) is 0 Å². The lowest BCUT2D eigenvalue weighted by atomic mass is 10.1. The van der Waals surface area contributed by atoms with Crippen LogP contribution >= 0.6 is 0 Å². The second-order valence-electron chi connectivity index (χ2n) is 4.04. The Balaban J connectivity index is 1.95. The van der Waals surface area contributed by atoms with E-state index in [2.05, 4.69) is 11.4 Å². The number of rotatable bonds is 4. The summed E-state index contributed by atoms with van der Waals surface area (Å²) in [6, 6.07) is 14.1. The molecule has 0 aliphatic heterocycles. The van der Waals surface area contributed by atoms with Crippen molar-refractivity contribution in [1.29, 1.82) is 0 Å². The molecule has 0 saturated carbocycles. The Morgan fingerprint density at radius 2 is 1.75 bits per heavy atom. The van der Waals surface area contributed by atoms with E-state index in [4.69, 9.17) is 4.84 Å². The normalized spacial score (nSPS) is 11.8. The summed E-state index contributed by atoms with van der Waals surface area (Å²) in [5.41, 5.74) is 0.399. The average molecular weight is 278 g/mol. The summed E-state index contributed by atoms with van der Waals surface area (Å²) in [5.74, 6) is 0. The lowest BCUT2D eigenvalue weighted by Gasteiger charge is -2.06. The maximum Gasteiger partial charge on any atom is 0.416 e. The summed E-state index contributed by atoms with van der Waals surface area (Å²) < 4.78 is 37.5. The standard InChI is InChI=1S/C15H11F3NO/c16-15(17,18)14-8-4-7-13(9-14)10-19-20-11-12-5-2-1-3-6-12/h1-9H,11H2. The Morgan fingerprint density at radius 1 is 1.00 bits per heavy atom. The van der Waals surface area contributed by atoms with Crippen LogP contribution in [0.2, 0.25) is 0 Å². The fourth-order valence-electron chi connectivity index (χ4n) is 1.53. The number of hydrogen-bond donors (Lipinski definition) is 0. The molecule has 2 aromatic carbocycles. The SMILES string of the molecule is FC(F)(F)c1cccc(/[C]=N\OCc2ccccc2)c1. The van der Waals surface area contributed by atoms with Gasteiger partial charge in [-0.15, -0.1) is 0 Å². The molecule has 20 heavy (non-hydrogen) atoms. The summed E-state index contributed by atoms with van der Waals surface area (Å²) in [7, 11) is 0. The minimum absolute atomic E-state index is 0.216. The molecule has 0 bridgehead atoms. The number of nitrogens with zero attached hydrogens (tertiary/aromatic N) is 1. The molecule has 1 radical (unpaired) electrons. The molecule has 0 unspecified atom stereocenters. The van der Waals surface area contributed by atoms with Crippen LogP contribution in [0.4, 0.5) is 13.2 Å². The van der Waals surface area contributed by atoms with E-state index in [-0.39, 0.29) is 12.2 Å². The first-order valence-electron chi connectivity index (χ1n) is 5.85. The van der Waals surface area contributed by atoms with Gasteiger partial charge in [0, 0.05) is 5.56 Å². The maximum absolute atomic E-state index is 12.5. The van der Waals surface area contributed by atoms with E-state index in [1.807, 2.05) is 30.3 Å². The first-order valence-corrected chi connectivity index (χ1v) is 5.85. The van der Waals surface area contributed by atoms with Gasteiger partial charge in [-0.25, -0.2) is 0 Å². The second kappa shape index (κ2) is 6.23. The highest BCUT2D eigenvalue weighted by atomic mass is 19.4. The quantitative estimate of drug-likeness (QED) is 0.608. The highest BCUT2D eigenvalue weighted by Crippen LogP contribution is 2.29. The van der Waals surface area contributed by atoms with E-state index >= 15 is 0 Å². The minimum atomic E-state index is -4.37. The van der Waals surface area contributed by atoms with Crippen molar-refractivity contribution in [3.8, 4) is 0 Å². The third kappa shape index (κ3) is 4.12. The zero-order valence-electron chi connectivity index (χ0n) is 10.4. The summed E-state index contributed by atoms with van der Waals surface area (Å²) in [6.07, 6.45) is -1.94. The van der Waals surface area contributed by atoms with Gasteiger partial charge in [-0.1, -0.05) is 47.6 Å². The molecule has 103 valence electrons. The lowest BCUT2D eigenvalue weighted by Crippen LogP contribution is -2.05. The monoisotopic (exact) mass is 278 g/mol. The Hall–Kier alpha value is -2.30. The second-order valence-corrected chi connectivity index (χ2v) is 4.04. The first kappa shape index (κ1) is 14.1. The van der Waals surface area contributed by atoms with Crippen molar-refractivity contribution in [1.82, 2.24) is 0 Å². The van der Waals surface area contributed by atoms with E-state index in [1.54, 1.807) is 0 Å². The van der Waals surface area contributed by atoms with Gasteiger partial charge in [0.25, 0.3) is 0 Å². The topological polar surface area (TPSA) is 21.6 Å². The summed E-state index contributed by atoms with van der Waals surface area (Å²) in [4.78, 5) is 4.98. The molecule has 0 fully saturated rings. The van der Waals surface area contributed by atoms with Crippen molar-refractivity contribution < 1.29 is 18.0 Å². The van der Waals surface area contributed by atoms with E-state index in [1.165, 1.54) is 12.1 Å². The lowest BCUT2D eigenvalue weighted by molar-refractivity contribution is -0.137. The predicted molar refractivity (Wildman–Crippen MR) is 69.2 cm³/mol. The van der Waals surface area contributed by atoms with Crippen molar-refractivity contribution in [2.24, 2.45) is 5.16 Å². The molecule has 2 nitrogen and oxygen atoms in total. The van der Waals surface area contributed by atoms with Gasteiger partial charge in [-0.2, -0.15) is 13.2 Å². The van der Waals surface area contributed by atoms with Crippen LogP contribution in [0, 0.1) is 0 Å². The maximum atomic E-state index is 12.5. The number of hydrogen-bond acceptors (Lipinski definition) is 2. The Labute approximate surface area is 114 Å². The fraction of sp³-hybridized carbons (Fsp3) is 0.133. The van der Waals surface area contributed by atoms with Crippen LogP contribution in [0.15, 0.2) is 59.8 Å². The van der Waals surface area contributed by atoms with E-state index in [9.17, 15) is 13.2 Å². The summed E-state index contributed by atoms with van der Waals surface area (Å²) in [5, 5.41) is 3.54. The van der Waals surface area contributed by atoms with Crippen LogP contribution in [-0.4, -0.2) is 6.21 Å². The van der Waals surface area contributed by atoms with Crippen LogP contribution in [0.1, 0.15) is 16.7 Å². The predicted octanol–water partition coefficient (Wildman–Crippen LogP) is 4.13. The third-order valence-electron chi connectivity index (χ3n) is 2.50. The average Bonchev–Trinajstić information content (AvgIpc) is 2.44. The van der Waals surface area contributed by atoms with Crippen molar-refractivity contribution in [3.05, 3.63) is 71.3 Å². The molecule has 2 aromatic rings. The molecule has 0 aromatic heterocycles. The van der Waals surface area contributed by atoms with Gasteiger partial charge in [0.1, 0.15) is 12.8 Å². The zero-order valence-corrected chi connectivity index (χ0v) is 10.4. The van der Waals surface area contributed by atoms with Gasteiger partial charge in [0.05, 0.1) is 5.56 Å². The number of benzene rings is 2. The van der Waals surface area contributed by atoms with Crippen LogP contribution in [-0.2, 0) is 17.6 Å². The van der Waals surface area contributed by atoms with Crippen LogP contribution in [0.3, 0.4) is 0 Å². The summed E-state index contributed by atoms with van der Waals surface area (Å²) >= 11 is 0. The van der Waals surface area contributed by atoms with Crippen molar-refractivity contribution in [2.75, 3.05) is 0 Å². The molecule has 0 spiro atoms. The highest BCUT2D eigenvalue weighted by Gasteiger charge is 2.30. The van der Waals surface area contributed by atoms with Gasteiger partial charge >= 0.3 is 6.18 Å². The molecule has 0 aliphatic carbocycles. The minimum Gasteiger partial charge on any atom is -0.390 e.